The number of ether oxygens (including phenoxy) is 2. The first-order valence-electron chi connectivity index (χ1n) is 8.29. The van der Waals surface area contributed by atoms with E-state index in [1.807, 2.05) is 13.8 Å². The summed E-state index contributed by atoms with van der Waals surface area (Å²) in [5.41, 5.74) is 0. The van der Waals surface area contributed by atoms with E-state index in [1.54, 1.807) is 13.0 Å². The molecule has 1 fully saturated rings. The van der Waals surface area contributed by atoms with Crippen molar-refractivity contribution < 1.29 is 23.6 Å². The fraction of sp³-hybridized carbons (Fsp3) is 0.706. The molecule has 23 heavy (non-hydrogen) atoms. The third-order valence-electron chi connectivity index (χ3n) is 4.15. The van der Waals surface area contributed by atoms with Gasteiger partial charge in [0.15, 0.2) is 5.76 Å². The molecule has 0 radical (unpaired) electrons. The third kappa shape index (κ3) is 4.81. The van der Waals surface area contributed by atoms with E-state index in [4.69, 9.17) is 14.0 Å². The van der Waals surface area contributed by atoms with Crippen molar-refractivity contribution in [3.8, 4) is 5.88 Å². The lowest BCUT2D eigenvalue weighted by Crippen LogP contribution is -2.20. The normalized spacial score (nSPS) is 17.3. The maximum Gasteiger partial charge on any atom is 0.317 e. The van der Waals surface area contributed by atoms with Gasteiger partial charge in [-0.15, -0.1) is 0 Å². The van der Waals surface area contributed by atoms with Crippen LogP contribution in [0, 0.1) is 11.8 Å². The van der Waals surface area contributed by atoms with E-state index in [1.165, 1.54) is 0 Å². The number of rotatable bonds is 7. The van der Waals surface area contributed by atoms with Gasteiger partial charge in [-0.1, -0.05) is 13.8 Å². The van der Waals surface area contributed by atoms with Crippen LogP contribution in [-0.4, -0.2) is 30.1 Å². The minimum Gasteiger partial charge on any atom is -0.475 e. The molecule has 1 unspecified atom stereocenters. The van der Waals surface area contributed by atoms with Gasteiger partial charge >= 0.3 is 5.97 Å². The summed E-state index contributed by atoms with van der Waals surface area (Å²) in [4.78, 5) is 23.3. The number of Topliss-reactive ketones (excluding diaryl/α,β-unsaturated/α-hetero) is 1. The molecule has 0 aliphatic heterocycles. The van der Waals surface area contributed by atoms with Gasteiger partial charge in [0.1, 0.15) is 11.7 Å². The summed E-state index contributed by atoms with van der Waals surface area (Å²) < 4.78 is 16.0. The molecule has 1 aliphatic carbocycles. The first-order valence-corrected chi connectivity index (χ1v) is 8.29. The summed E-state index contributed by atoms with van der Waals surface area (Å²) in [6.45, 7) is 6.50. The molecule has 2 rings (SSSR count). The number of hydrogen-bond acceptors (Lipinski definition) is 6. The summed E-state index contributed by atoms with van der Waals surface area (Å²) in [6.07, 6.45) is 2.99. The van der Waals surface area contributed by atoms with Crippen molar-refractivity contribution in [1.82, 2.24) is 5.16 Å². The van der Waals surface area contributed by atoms with Gasteiger partial charge in [0, 0.05) is 18.9 Å². The zero-order valence-corrected chi connectivity index (χ0v) is 14.0. The second-order valence-corrected chi connectivity index (χ2v) is 6.33. The fourth-order valence-corrected chi connectivity index (χ4v) is 2.81. The predicted octanol–water partition coefficient (Wildman–Crippen LogP) is 3.12. The molecular weight excluding hydrogens is 298 g/mol. The molecule has 128 valence electrons. The number of nitrogens with zero attached hydrogens (tertiary/aromatic N) is 1. The van der Waals surface area contributed by atoms with Gasteiger partial charge in [-0.2, -0.15) is 0 Å². The Kier molecular flexibility index (Phi) is 6.19. The molecule has 6 nitrogen and oxygen atoms in total. The predicted molar refractivity (Wildman–Crippen MR) is 83.2 cm³/mol. The van der Waals surface area contributed by atoms with E-state index < -0.39 is 5.92 Å². The van der Waals surface area contributed by atoms with E-state index in [9.17, 15) is 9.59 Å². The Morgan fingerprint density at radius 2 is 2.09 bits per heavy atom. The maximum atomic E-state index is 12.0. The van der Waals surface area contributed by atoms with Gasteiger partial charge in [0.2, 0.25) is 0 Å². The number of carbonyl (C=O) groups excluding carboxylic acids is 2. The van der Waals surface area contributed by atoms with E-state index in [0.717, 1.165) is 12.8 Å². The van der Waals surface area contributed by atoms with Crippen molar-refractivity contribution in [3.63, 3.8) is 0 Å². The Hall–Kier alpha value is -1.85. The summed E-state index contributed by atoms with van der Waals surface area (Å²) in [7, 11) is 0. The van der Waals surface area contributed by atoms with E-state index in [0.29, 0.717) is 49.4 Å². The van der Waals surface area contributed by atoms with Crippen molar-refractivity contribution in [3.05, 3.63) is 11.8 Å². The van der Waals surface area contributed by atoms with E-state index in [-0.39, 0.29) is 11.9 Å². The van der Waals surface area contributed by atoms with Crippen molar-refractivity contribution in [1.29, 1.82) is 0 Å². The highest BCUT2D eigenvalue weighted by molar-refractivity contribution is 5.79. The molecule has 1 atom stereocenters. The summed E-state index contributed by atoms with van der Waals surface area (Å²) >= 11 is 0. The van der Waals surface area contributed by atoms with Crippen LogP contribution in [0.1, 0.15) is 58.1 Å². The molecule has 1 aromatic rings. The topological polar surface area (TPSA) is 78.6 Å². The standard InChI is InChI=1S/C17H25NO5/c1-4-21-17(20)16(11(2)3)14-9-15(18-23-14)22-10-12-5-7-13(19)8-6-12/h9,11-12,16H,4-8,10H2,1-3H3. The van der Waals surface area contributed by atoms with Gasteiger partial charge in [0.05, 0.1) is 13.2 Å². The first-order chi connectivity index (χ1) is 11.0. The summed E-state index contributed by atoms with van der Waals surface area (Å²) in [5, 5.41) is 3.89. The molecule has 1 aromatic heterocycles. The average Bonchev–Trinajstić information content (AvgIpc) is 2.95. The minimum absolute atomic E-state index is 0.0409. The van der Waals surface area contributed by atoms with Crippen LogP contribution >= 0.6 is 0 Å². The Labute approximate surface area is 136 Å². The fourth-order valence-electron chi connectivity index (χ4n) is 2.81. The van der Waals surface area contributed by atoms with Crippen molar-refractivity contribution in [2.75, 3.05) is 13.2 Å². The van der Waals surface area contributed by atoms with Gasteiger partial charge in [0.25, 0.3) is 5.88 Å². The van der Waals surface area contributed by atoms with Crippen LogP contribution in [0.3, 0.4) is 0 Å². The molecule has 1 aliphatic rings. The summed E-state index contributed by atoms with van der Waals surface area (Å²) in [5.74, 6) is 0.805. The zero-order valence-electron chi connectivity index (χ0n) is 14.0. The molecule has 1 heterocycles. The van der Waals surface area contributed by atoms with E-state index >= 15 is 0 Å². The second-order valence-electron chi connectivity index (χ2n) is 6.33. The third-order valence-corrected chi connectivity index (χ3v) is 4.15. The highest BCUT2D eigenvalue weighted by Gasteiger charge is 2.30. The van der Waals surface area contributed by atoms with Crippen LogP contribution < -0.4 is 4.74 Å². The lowest BCUT2D eigenvalue weighted by molar-refractivity contribution is -0.146. The maximum absolute atomic E-state index is 12.0. The number of esters is 1. The van der Waals surface area contributed by atoms with Gasteiger partial charge in [-0.25, -0.2) is 0 Å². The smallest absolute Gasteiger partial charge is 0.317 e. The van der Waals surface area contributed by atoms with Crippen LogP contribution in [0.15, 0.2) is 10.6 Å². The molecule has 0 aromatic carbocycles. The van der Waals surface area contributed by atoms with Crippen LogP contribution in [0.5, 0.6) is 5.88 Å². The van der Waals surface area contributed by atoms with Crippen LogP contribution in [-0.2, 0) is 14.3 Å². The Morgan fingerprint density at radius 3 is 2.70 bits per heavy atom. The average molecular weight is 323 g/mol. The molecule has 0 N–H and O–H groups in total. The SMILES string of the molecule is CCOC(=O)C(c1cc(OCC2CCC(=O)CC2)no1)C(C)C. The van der Waals surface area contributed by atoms with Crippen molar-refractivity contribution in [2.45, 2.75) is 52.4 Å². The van der Waals surface area contributed by atoms with Gasteiger partial charge in [-0.3, -0.25) is 9.59 Å². The molecule has 0 amide bonds. The first kappa shape index (κ1) is 17.5. The molecule has 0 bridgehead atoms. The second kappa shape index (κ2) is 8.13. The van der Waals surface area contributed by atoms with Crippen LogP contribution in [0.4, 0.5) is 0 Å². The highest BCUT2D eigenvalue weighted by Crippen LogP contribution is 2.29. The van der Waals surface area contributed by atoms with Gasteiger partial charge < -0.3 is 14.0 Å². The van der Waals surface area contributed by atoms with Gasteiger partial charge in [-0.05, 0) is 36.8 Å². The zero-order chi connectivity index (χ0) is 16.8. The van der Waals surface area contributed by atoms with Crippen molar-refractivity contribution in [2.24, 2.45) is 11.8 Å². The molecular formula is C17H25NO5. The number of aromatic nitrogens is 1. The highest BCUT2D eigenvalue weighted by atomic mass is 16.5. The minimum atomic E-state index is -0.480. The molecule has 6 heteroatoms. The largest absolute Gasteiger partial charge is 0.475 e. The van der Waals surface area contributed by atoms with E-state index in [2.05, 4.69) is 5.16 Å². The molecule has 1 saturated carbocycles. The lowest BCUT2D eigenvalue weighted by Gasteiger charge is -2.20. The number of carbonyl (C=O) groups is 2. The Balaban J connectivity index is 1.93. The monoisotopic (exact) mass is 323 g/mol. The summed E-state index contributed by atoms with van der Waals surface area (Å²) in [6, 6.07) is 1.66. The van der Waals surface area contributed by atoms with Crippen molar-refractivity contribution >= 4 is 11.8 Å². The van der Waals surface area contributed by atoms with Crippen LogP contribution in [0.2, 0.25) is 0 Å². The number of hydrogen-bond donors (Lipinski definition) is 0. The molecule has 0 saturated heterocycles. The molecule has 0 spiro atoms. The quantitative estimate of drug-likeness (QED) is 0.717. The Bertz CT molecular complexity index is 527. The Morgan fingerprint density at radius 1 is 1.39 bits per heavy atom. The van der Waals surface area contributed by atoms with Crippen LogP contribution in [0.25, 0.3) is 0 Å². The lowest BCUT2D eigenvalue weighted by atomic mass is 9.89. The number of ketones is 1.